The van der Waals surface area contributed by atoms with Crippen molar-refractivity contribution in [3.05, 3.63) is 76.6 Å². The lowest BCUT2D eigenvalue weighted by molar-refractivity contribution is -0.131. The number of hydrogen-bond acceptors (Lipinski definition) is 6. The van der Waals surface area contributed by atoms with Gasteiger partial charge in [0.1, 0.15) is 5.82 Å². The van der Waals surface area contributed by atoms with Crippen molar-refractivity contribution in [1.29, 1.82) is 0 Å². The van der Waals surface area contributed by atoms with Gasteiger partial charge in [-0.1, -0.05) is 54.1 Å². The Morgan fingerprint density at radius 3 is 2.69 bits per heavy atom. The lowest BCUT2D eigenvalue weighted by Crippen LogP contribution is -2.38. The van der Waals surface area contributed by atoms with E-state index in [1.54, 1.807) is 7.11 Å². The van der Waals surface area contributed by atoms with Crippen molar-refractivity contribution >= 4 is 22.6 Å². The number of aromatic nitrogens is 2. The topological polar surface area (TPSA) is 58.6 Å². The molecule has 0 bridgehead atoms. The maximum atomic E-state index is 12.9. The van der Waals surface area contributed by atoms with Gasteiger partial charge in [-0.05, 0) is 30.0 Å². The molecule has 32 heavy (non-hydrogen) atoms. The maximum Gasteiger partial charge on any atom is 0.224 e. The van der Waals surface area contributed by atoms with Crippen LogP contribution in [-0.2, 0) is 28.9 Å². The van der Waals surface area contributed by atoms with Gasteiger partial charge in [0.15, 0.2) is 0 Å². The summed E-state index contributed by atoms with van der Waals surface area (Å²) in [4.78, 5) is 21.8. The third kappa shape index (κ3) is 5.72. The lowest BCUT2D eigenvalue weighted by Gasteiger charge is -2.30. The van der Waals surface area contributed by atoms with E-state index in [0.29, 0.717) is 39.1 Å². The highest BCUT2D eigenvalue weighted by Crippen LogP contribution is 2.22. The van der Waals surface area contributed by atoms with Gasteiger partial charge in [-0.2, -0.15) is 4.37 Å². The van der Waals surface area contributed by atoms with Gasteiger partial charge < -0.3 is 14.5 Å². The summed E-state index contributed by atoms with van der Waals surface area (Å²) in [5.74, 6) is 1.00. The second-order valence-electron chi connectivity index (χ2n) is 8.22. The number of anilines is 1. The quantitative estimate of drug-likeness (QED) is 0.495. The van der Waals surface area contributed by atoms with E-state index in [4.69, 9.17) is 9.72 Å². The molecule has 168 valence electrons. The average molecular weight is 451 g/mol. The fraction of sp³-hybridized carbons (Fsp3) is 0.400. The Bertz CT molecular complexity index is 1030. The normalized spacial score (nSPS) is 13.1. The van der Waals surface area contributed by atoms with Crippen LogP contribution in [0.25, 0.3) is 0 Å². The van der Waals surface area contributed by atoms with Gasteiger partial charge in [0.25, 0.3) is 0 Å². The highest BCUT2D eigenvalue weighted by molar-refractivity contribution is 7.09. The molecular formula is C25H30N4O2S. The SMILES string of the molecule is COCCN(CCC(=O)N1CCc2ccccc2C1)c1nc(Cc2ccc(C)cc2)ns1. The smallest absolute Gasteiger partial charge is 0.224 e. The first-order chi connectivity index (χ1) is 15.6. The predicted molar refractivity (Wildman–Crippen MR) is 128 cm³/mol. The standard InChI is InChI=1S/C25H30N4O2S/c1-19-7-9-20(10-8-19)17-23-26-25(32-27-23)28(15-16-31-2)14-12-24(30)29-13-11-21-5-3-4-6-22(21)18-29/h3-10H,11-18H2,1-2H3. The van der Waals surface area contributed by atoms with Crippen molar-refractivity contribution in [3.8, 4) is 0 Å². The average Bonchev–Trinajstić information content (AvgIpc) is 3.28. The zero-order valence-corrected chi connectivity index (χ0v) is 19.6. The number of nitrogens with zero attached hydrogens (tertiary/aromatic N) is 4. The van der Waals surface area contributed by atoms with Gasteiger partial charge >= 0.3 is 0 Å². The van der Waals surface area contributed by atoms with Gasteiger partial charge in [0.2, 0.25) is 11.0 Å². The van der Waals surface area contributed by atoms with E-state index in [9.17, 15) is 4.79 Å². The second-order valence-corrected chi connectivity index (χ2v) is 8.95. The maximum absolute atomic E-state index is 12.9. The molecule has 2 aromatic carbocycles. The summed E-state index contributed by atoms with van der Waals surface area (Å²) in [7, 11) is 1.69. The summed E-state index contributed by atoms with van der Waals surface area (Å²) >= 11 is 1.39. The molecule has 0 fully saturated rings. The molecule has 0 spiro atoms. The molecule has 0 saturated carbocycles. The summed E-state index contributed by atoms with van der Waals surface area (Å²) < 4.78 is 9.85. The third-order valence-electron chi connectivity index (χ3n) is 5.86. The summed E-state index contributed by atoms with van der Waals surface area (Å²) in [6, 6.07) is 16.9. The molecule has 0 saturated heterocycles. The van der Waals surface area contributed by atoms with Crippen LogP contribution in [-0.4, -0.2) is 53.5 Å². The number of carbonyl (C=O) groups is 1. The Morgan fingerprint density at radius 2 is 1.91 bits per heavy atom. The fourth-order valence-corrected chi connectivity index (χ4v) is 4.67. The molecule has 0 N–H and O–H groups in total. The number of aryl methyl sites for hydroxylation is 1. The van der Waals surface area contributed by atoms with Crippen molar-refractivity contribution in [2.45, 2.75) is 32.7 Å². The molecule has 1 aliphatic heterocycles. The third-order valence-corrected chi connectivity index (χ3v) is 6.67. The lowest BCUT2D eigenvalue weighted by atomic mass is 10.00. The summed E-state index contributed by atoms with van der Waals surface area (Å²) in [6.07, 6.45) is 2.09. The molecule has 1 aliphatic rings. The molecule has 0 unspecified atom stereocenters. The number of hydrogen-bond donors (Lipinski definition) is 0. The molecule has 0 atom stereocenters. The van der Waals surface area contributed by atoms with E-state index in [1.165, 1.54) is 33.8 Å². The molecule has 3 aromatic rings. The van der Waals surface area contributed by atoms with Crippen LogP contribution >= 0.6 is 11.5 Å². The molecule has 6 nitrogen and oxygen atoms in total. The molecule has 0 aliphatic carbocycles. The van der Waals surface area contributed by atoms with Crippen molar-refractivity contribution in [1.82, 2.24) is 14.3 Å². The molecule has 1 aromatic heterocycles. The van der Waals surface area contributed by atoms with Crippen LogP contribution < -0.4 is 4.90 Å². The first-order valence-electron chi connectivity index (χ1n) is 11.1. The van der Waals surface area contributed by atoms with E-state index in [2.05, 4.69) is 58.7 Å². The van der Waals surface area contributed by atoms with Gasteiger partial charge in [-0.15, -0.1) is 0 Å². The Labute approximate surface area is 194 Å². The Kier molecular flexibility index (Phi) is 7.50. The van der Waals surface area contributed by atoms with Crippen LogP contribution in [0.1, 0.15) is 34.5 Å². The predicted octanol–water partition coefficient (Wildman–Crippen LogP) is 3.87. The van der Waals surface area contributed by atoms with Gasteiger partial charge in [0, 0.05) is 57.7 Å². The number of ether oxygens (including phenoxy) is 1. The van der Waals surface area contributed by atoms with Crippen LogP contribution in [0, 0.1) is 6.92 Å². The minimum absolute atomic E-state index is 0.186. The van der Waals surface area contributed by atoms with Crippen LogP contribution in [0.2, 0.25) is 0 Å². The van der Waals surface area contributed by atoms with E-state index in [1.807, 2.05) is 11.0 Å². The van der Waals surface area contributed by atoms with E-state index in [-0.39, 0.29) is 5.91 Å². The van der Waals surface area contributed by atoms with Crippen molar-refractivity contribution in [2.24, 2.45) is 0 Å². The van der Waals surface area contributed by atoms with E-state index in [0.717, 1.165) is 23.9 Å². The Morgan fingerprint density at radius 1 is 1.12 bits per heavy atom. The minimum atomic E-state index is 0.186. The first kappa shape index (κ1) is 22.4. The zero-order valence-electron chi connectivity index (χ0n) is 18.8. The van der Waals surface area contributed by atoms with Crippen LogP contribution in [0.3, 0.4) is 0 Å². The minimum Gasteiger partial charge on any atom is -0.383 e. The van der Waals surface area contributed by atoms with Crippen LogP contribution in [0.5, 0.6) is 0 Å². The van der Waals surface area contributed by atoms with Crippen molar-refractivity contribution in [3.63, 3.8) is 0 Å². The molecule has 0 radical (unpaired) electrons. The van der Waals surface area contributed by atoms with Gasteiger partial charge in [0.05, 0.1) is 6.61 Å². The molecule has 1 amide bonds. The monoisotopic (exact) mass is 450 g/mol. The summed E-state index contributed by atoms with van der Waals surface area (Å²) in [6.45, 7) is 5.45. The van der Waals surface area contributed by atoms with Crippen LogP contribution in [0.15, 0.2) is 48.5 Å². The Balaban J connectivity index is 1.37. The summed E-state index contributed by atoms with van der Waals surface area (Å²) in [5, 5.41) is 0.848. The largest absolute Gasteiger partial charge is 0.383 e. The first-order valence-corrected chi connectivity index (χ1v) is 11.9. The molecule has 7 heteroatoms. The number of amides is 1. The van der Waals surface area contributed by atoms with Crippen molar-refractivity contribution in [2.75, 3.05) is 38.3 Å². The number of fused-ring (bicyclic) bond motifs is 1. The Hall–Kier alpha value is -2.77. The number of methoxy groups -OCH3 is 1. The molecule has 4 rings (SSSR count). The molecular weight excluding hydrogens is 420 g/mol. The number of carbonyl (C=O) groups excluding carboxylic acids is 1. The number of rotatable bonds is 9. The van der Waals surface area contributed by atoms with Gasteiger partial charge in [-0.25, -0.2) is 4.98 Å². The second kappa shape index (κ2) is 10.7. The van der Waals surface area contributed by atoms with E-state index < -0.39 is 0 Å². The van der Waals surface area contributed by atoms with Crippen LogP contribution in [0.4, 0.5) is 5.13 Å². The van der Waals surface area contributed by atoms with Gasteiger partial charge in [-0.3, -0.25) is 4.79 Å². The zero-order chi connectivity index (χ0) is 22.3. The highest BCUT2D eigenvalue weighted by Gasteiger charge is 2.21. The summed E-state index contributed by atoms with van der Waals surface area (Å²) in [5.41, 5.74) is 5.05. The molecule has 2 heterocycles. The van der Waals surface area contributed by atoms with Crippen molar-refractivity contribution < 1.29 is 9.53 Å². The fourth-order valence-electron chi connectivity index (χ4n) is 3.94. The van der Waals surface area contributed by atoms with E-state index >= 15 is 0 Å². The number of benzene rings is 2. The highest BCUT2D eigenvalue weighted by atomic mass is 32.1.